The first kappa shape index (κ1) is 16.0. The van der Waals surface area contributed by atoms with Crippen LogP contribution in [-0.4, -0.2) is 40.3 Å². The van der Waals surface area contributed by atoms with E-state index in [1.807, 2.05) is 17.0 Å². The number of aliphatic hydroxyl groups is 1. The number of rotatable bonds is 7. The summed E-state index contributed by atoms with van der Waals surface area (Å²) in [5, 5.41) is 19.1. The lowest BCUT2D eigenvalue weighted by Crippen LogP contribution is -2.36. The molecule has 0 heterocycles. The van der Waals surface area contributed by atoms with Crippen LogP contribution in [0.2, 0.25) is 5.02 Å². The van der Waals surface area contributed by atoms with Crippen LogP contribution >= 0.6 is 11.6 Å². The highest BCUT2D eigenvalue weighted by atomic mass is 35.5. The molecule has 106 valence electrons. The van der Waals surface area contributed by atoms with E-state index in [0.29, 0.717) is 24.7 Å². The van der Waals surface area contributed by atoms with Gasteiger partial charge in [0.05, 0.1) is 12.0 Å². The lowest BCUT2D eigenvalue weighted by atomic mass is 10.1. The first-order valence-electron chi connectivity index (χ1n) is 6.26. The van der Waals surface area contributed by atoms with Gasteiger partial charge in [-0.2, -0.15) is 0 Å². The number of aliphatic carboxylic acids is 1. The van der Waals surface area contributed by atoms with E-state index >= 15 is 0 Å². The summed E-state index contributed by atoms with van der Waals surface area (Å²) in [6, 6.07) is 7.42. The molecule has 2 atom stereocenters. The van der Waals surface area contributed by atoms with Crippen molar-refractivity contribution in [2.75, 3.05) is 13.1 Å². The van der Waals surface area contributed by atoms with Crippen molar-refractivity contribution < 1.29 is 15.0 Å². The zero-order chi connectivity index (χ0) is 14.4. The molecule has 0 fully saturated rings. The molecule has 0 aromatic heterocycles. The van der Waals surface area contributed by atoms with E-state index in [-0.39, 0.29) is 0 Å². The molecule has 1 aromatic carbocycles. The molecule has 2 unspecified atom stereocenters. The van der Waals surface area contributed by atoms with E-state index in [9.17, 15) is 9.90 Å². The second-order valence-corrected chi connectivity index (χ2v) is 5.35. The van der Waals surface area contributed by atoms with Crippen molar-refractivity contribution in [3.8, 4) is 0 Å². The highest BCUT2D eigenvalue weighted by Crippen LogP contribution is 2.13. The third-order valence-electron chi connectivity index (χ3n) is 2.80. The quantitative estimate of drug-likeness (QED) is 0.807. The molecule has 0 aliphatic carbocycles. The standard InChI is InChI=1S/C14H20ClNO3/c1-10(14(18)19)7-16(8-11(2)17)9-12-3-5-13(15)6-4-12/h3-6,10-11,17H,7-9H2,1-2H3,(H,18,19). The van der Waals surface area contributed by atoms with Crippen LogP contribution in [0, 0.1) is 5.92 Å². The second-order valence-electron chi connectivity index (χ2n) is 4.91. The lowest BCUT2D eigenvalue weighted by molar-refractivity contribution is -0.141. The van der Waals surface area contributed by atoms with Gasteiger partial charge in [-0.1, -0.05) is 30.7 Å². The molecule has 2 N–H and O–H groups in total. The van der Waals surface area contributed by atoms with Crippen LogP contribution in [0.1, 0.15) is 19.4 Å². The fourth-order valence-electron chi connectivity index (χ4n) is 1.89. The topological polar surface area (TPSA) is 60.8 Å². The molecule has 0 aliphatic rings. The van der Waals surface area contributed by atoms with Crippen LogP contribution < -0.4 is 0 Å². The predicted octanol–water partition coefficient (Wildman–Crippen LogP) is 2.24. The summed E-state index contributed by atoms with van der Waals surface area (Å²) in [4.78, 5) is 12.8. The molecule has 1 aromatic rings. The summed E-state index contributed by atoms with van der Waals surface area (Å²) in [7, 11) is 0. The Bertz CT molecular complexity index is 406. The Morgan fingerprint density at radius 3 is 2.32 bits per heavy atom. The molecule has 19 heavy (non-hydrogen) atoms. The van der Waals surface area contributed by atoms with E-state index in [2.05, 4.69) is 0 Å². The number of benzene rings is 1. The van der Waals surface area contributed by atoms with Gasteiger partial charge in [0.2, 0.25) is 0 Å². The maximum atomic E-state index is 10.9. The summed E-state index contributed by atoms with van der Waals surface area (Å²) < 4.78 is 0. The summed E-state index contributed by atoms with van der Waals surface area (Å²) in [6.45, 7) is 4.81. The molecule has 0 spiro atoms. The zero-order valence-electron chi connectivity index (χ0n) is 11.2. The fourth-order valence-corrected chi connectivity index (χ4v) is 2.02. The number of hydrogen-bond acceptors (Lipinski definition) is 3. The minimum absolute atomic E-state index is 0.406. The lowest BCUT2D eigenvalue weighted by Gasteiger charge is -2.25. The third-order valence-corrected chi connectivity index (χ3v) is 3.05. The van der Waals surface area contributed by atoms with Crippen LogP contribution in [0.3, 0.4) is 0 Å². The summed E-state index contributed by atoms with van der Waals surface area (Å²) in [5.41, 5.74) is 1.04. The number of carboxylic acid groups (broad SMARTS) is 1. The van der Waals surface area contributed by atoms with Crippen molar-refractivity contribution in [1.82, 2.24) is 4.90 Å². The monoisotopic (exact) mass is 285 g/mol. The van der Waals surface area contributed by atoms with Crippen LogP contribution in [0.15, 0.2) is 24.3 Å². The minimum Gasteiger partial charge on any atom is -0.481 e. The van der Waals surface area contributed by atoms with Crippen molar-refractivity contribution in [2.24, 2.45) is 5.92 Å². The van der Waals surface area contributed by atoms with E-state index in [1.54, 1.807) is 26.0 Å². The Labute approximate surface area is 118 Å². The Balaban J connectivity index is 2.68. The largest absolute Gasteiger partial charge is 0.481 e. The van der Waals surface area contributed by atoms with Gasteiger partial charge in [0, 0.05) is 24.7 Å². The minimum atomic E-state index is -0.827. The van der Waals surface area contributed by atoms with Gasteiger partial charge < -0.3 is 10.2 Å². The smallest absolute Gasteiger partial charge is 0.307 e. The highest BCUT2D eigenvalue weighted by Gasteiger charge is 2.17. The van der Waals surface area contributed by atoms with Crippen molar-refractivity contribution in [3.63, 3.8) is 0 Å². The van der Waals surface area contributed by atoms with Crippen LogP contribution in [0.25, 0.3) is 0 Å². The van der Waals surface area contributed by atoms with Gasteiger partial charge in [-0.05, 0) is 24.6 Å². The van der Waals surface area contributed by atoms with Crippen LogP contribution in [0.4, 0.5) is 0 Å². The van der Waals surface area contributed by atoms with Crippen LogP contribution in [-0.2, 0) is 11.3 Å². The molecular weight excluding hydrogens is 266 g/mol. The van der Waals surface area contributed by atoms with Gasteiger partial charge >= 0.3 is 5.97 Å². The Morgan fingerprint density at radius 2 is 1.84 bits per heavy atom. The molecule has 0 aliphatic heterocycles. The first-order chi connectivity index (χ1) is 8.88. The fraction of sp³-hybridized carbons (Fsp3) is 0.500. The second kappa shape index (κ2) is 7.48. The molecular formula is C14H20ClNO3. The van der Waals surface area contributed by atoms with Gasteiger partial charge in [-0.15, -0.1) is 0 Å². The van der Waals surface area contributed by atoms with E-state index < -0.39 is 18.0 Å². The number of aliphatic hydroxyl groups excluding tert-OH is 1. The molecule has 0 amide bonds. The Kier molecular flexibility index (Phi) is 6.28. The molecule has 0 saturated heterocycles. The van der Waals surface area contributed by atoms with E-state index in [0.717, 1.165) is 5.56 Å². The normalized spacial score (nSPS) is 14.4. The molecule has 0 saturated carbocycles. The average molecular weight is 286 g/mol. The Hall–Kier alpha value is -1.10. The number of hydrogen-bond donors (Lipinski definition) is 2. The molecule has 0 bridgehead atoms. The van der Waals surface area contributed by atoms with Gasteiger partial charge in [0.15, 0.2) is 0 Å². The van der Waals surface area contributed by atoms with E-state index in [1.165, 1.54) is 0 Å². The predicted molar refractivity (Wildman–Crippen MR) is 75.2 cm³/mol. The molecule has 1 rings (SSSR count). The van der Waals surface area contributed by atoms with Gasteiger partial charge in [0.25, 0.3) is 0 Å². The molecule has 4 nitrogen and oxygen atoms in total. The summed E-state index contributed by atoms with van der Waals surface area (Å²) >= 11 is 5.83. The van der Waals surface area contributed by atoms with Crippen molar-refractivity contribution in [2.45, 2.75) is 26.5 Å². The van der Waals surface area contributed by atoms with Crippen molar-refractivity contribution in [3.05, 3.63) is 34.9 Å². The maximum Gasteiger partial charge on any atom is 0.307 e. The molecule has 5 heteroatoms. The van der Waals surface area contributed by atoms with E-state index in [4.69, 9.17) is 16.7 Å². The highest BCUT2D eigenvalue weighted by molar-refractivity contribution is 6.30. The number of carbonyl (C=O) groups is 1. The Morgan fingerprint density at radius 1 is 1.26 bits per heavy atom. The number of halogens is 1. The third kappa shape index (κ3) is 6.05. The molecule has 0 radical (unpaired) electrons. The number of carboxylic acids is 1. The SMILES string of the molecule is CC(O)CN(Cc1ccc(Cl)cc1)CC(C)C(=O)O. The van der Waals surface area contributed by atoms with Gasteiger partial charge in [0.1, 0.15) is 0 Å². The number of nitrogens with zero attached hydrogens (tertiary/aromatic N) is 1. The maximum absolute atomic E-state index is 10.9. The average Bonchev–Trinajstić information content (AvgIpc) is 2.31. The van der Waals surface area contributed by atoms with Crippen molar-refractivity contribution >= 4 is 17.6 Å². The summed E-state index contributed by atoms with van der Waals surface area (Å²) in [5.74, 6) is -1.29. The zero-order valence-corrected chi connectivity index (χ0v) is 12.0. The van der Waals surface area contributed by atoms with Gasteiger partial charge in [-0.25, -0.2) is 0 Å². The first-order valence-corrected chi connectivity index (χ1v) is 6.64. The van der Waals surface area contributed by atoms with Crippen molar-refractivity contribution in [1.29, 1.82) is 0 Å². The summed E-state index contributed by atoms with van der Waals surface area (Å²) in [6.07, 6.45) is -0.492. The van der Waals surface area contributed by atoms with Gasteiger partial charge in [-0.3, -0.25) is 9.69 Å². The van der Waals surface area contributed by atoms with Crippen LogP contribution in [0.5, 0.6) is 0 Å².